The lowest BCUT2D eigenvalue weighted by atomic mass is 9.86. The van der Waals surface area contributed by atoms with Crippen LogP contribution in [0.15, 0.2) is 23.2 Å². The van der Waals surface area contributed by atoms with Gasteiger partial charge < -0.3 is 20.5 Å². The first-order chi connectivity index (χ1) is 11.5. The molecule has 0 amide bonds. The second-order valence-corrected chi connectivity index (χ2v) is 7.29. The molecule has 1 aliphatic heterocycles. The number of nitrogens with one attached hydrogen (secondary N) is 1. The average Bonchev–Trinajstić information content (AvgIpc) is 2.95. The van der Waals surface area contributed by atoms with Gasteiger partial charge in [-0.3, -0.25) is 4.99 Å². The van der Waals surface area contributed by atoms with E-state index in [1.165, 1.54) is 24.0 Å². The highest BCUT2D eigenvalue weighted by molar-refractivity contribution is 14.0. The van der Waals surface area contributed by atoms with Crippen LogP contribution in [0.1, 0.15) is 43.7 Å². The van der Waals surface area contributed by atoms with Gasteiger partial charge in [-0.25, -0.2) is 0 Å². The van der Waals surface area contributed by atoms with Crippen molar-refractivity contribution in [2.24, 2.45) is 16.6 Å². The molecule has 1 aromatic rings. The summed E-state index contributed by atoms with van der Waals surface area (Å²) >= 11 is 0. The molecule has 0 bridgehead atoms. The molecule has 1 saturated carbocycles. The fourth-order valence-electron chi connectivity index (χ4n) is 3.38. The van der Waals surface area contributed by atoms with Crippen LogP contribution in [0, 0.1) is 19.8 Å². The third-order valence-corrected chi connectivity index (χ3v) is 5.19. The third-order valence-electron chi connectivity index (χ3n) is 5.19. The second kappa shape index (κ2) is 8.68. The fraction of sp³-hybridized carbons (Fsp3) is 0.632. The van der Waals surface area contributed by atoms with E-state index >= 15 is 0 Å². The van der Waals surface area contributed by atoms with Crippen molar-refractivity contribution in [2.45, 2.75) is 58.3 Å². The Bertz CT molecular complexity index is 613. The van der Waals surface area contributed by atoms with Crippen LogP contribution < -0.4 is 11.1 Å². The van der Waals surface area contributed by atoms with Crippen LogP contribution in [0.5, 0.6) is 0 Å². The summed E-state index contributed by atoms with van der Waals surface area (Å²) in [5.41, 5.74) is 9.46. The van der Waals surface area contributed by atoms with Crippen molar-refractivity contribution in [1.29, 1.82) is 0 Å². The van der Waals surface area contributed by atoms with Crippen molar-refractivity contribution in [3.8, 4) is 0 Å². The van der Waals surface area contributed by atoms with Gasteiger partial charge in [-0.2, -0.15) is 0 Å². The van der Waals surface area contributed by atoms with Gasteiger partial charge in [0, 0.05) is 18.5 Å². The summed E-state index contributed by atoms with van der Waals surface area (Å²) in [5, 5.41) is 3.14. The molecule has 1 spiro atoms. The highest BCUT2D eigenvalue weighted by Gasteiger charge is 2.43. The number of hydrogen-bond donors (Lipinski definition) is 2. The zero-order chi connectivity index (χ0) is 17.2. The first-order valence-corrected chi connectivity index (χ1v) is 8.92. The number of aliphatic imine (C=N–C) groups is 1. The fourth-order valence-corrected chi connectivity index (χ4v) is 3.38. The van der Waals surface area contributed by atoms with Gasteiger partial charge in [0.2, 0.25) is 0 Å². The molecule has 1 aliphatic carbocycles. The predicted molar refractivity (Wildman–Crippen MR) is 113 cm³/mol. The number of benzene rings is 1. The Morgan fingerprint density at radius 2 is 2.00 bits per heavy atom. The molecule has 1 atom stereocenters. The minimum atomic E-state index is -0.358. The van der Waals surface area contributed by atoms with E-state index in [1.807, 2.05) is 6.07 Å². The van der Waals surface area contributed by atoms with E-state index < -0.39 is 0 Å². The highest BCUT2D eigenvalue weighted by atomic mass is 127. The first-order valence-electron chi connectivity index (χ1n) is 8.92. The molecule has 2 fully saturated rings. The molecule has 3 rings (SSSR count). The Kier molecular flexibility index (Phi) is 7.10. The molecule has 5 nitrogen and oxygen atoms in total. The number of ether oxygens (including phenoxy) is 2. The van der Waals surface area contributed by atoms with Crippen LogP contribution in [-0.2, 0) is 9.47 Å². The van der Waals surface area contributed by atoms with E-state index in [9.17, 15) is 0 Å². The molecule has 6 heteroatoms. The van der Waals surface area contributed by atoms with E-state index in [1.54, 1.807) is 0 Å². The minimum absolute atomic E-state index is 0. The van der Waals surface area contributed by atoms with Gasteiger partial charge in [-0.1, -0.05) is 13.0 Å². The topological polar surface area (TPSA) is 68.9 Å². The highest BCUT2D eigenvalue weighted by Crippen LogP contribution is 2.39. The lowest BCUT2D eigenvalue weighted by molar-refractivity contribution is -0.190. The maximum atomic E-state index is 6.16. The number of anilines is 1. The average molecular weight is 459 g/mol. The summed E-state index contributed by atoms with van der Waals surface area (Å²) in [4.78, 5) is 4.42. The van der Waals surface area contributed by atoms with Gasteiger partial charge >= 0.3 is 0 Å². The molecule has 1 aromatic carbocycles. The molecule has 1 heterocycles. The summed E-state index contributed by atoms with van der Waals surface area (Å²) in [6.07, 6.45) is 4.33. The van der Waals surface area contributed by atoms with Crippen molar-refractivity contribution in [1.82, 2.24) is 0 Å². The van der Waals surface area contributed by atoms with E-state index in [0.717, 1.165) is 24.4 Å². The Labute approximate surface area is 167 Å². The van der Waals surface area contributed by atoms with Gasteiger partial charge in [0.15, 0.2) is 11.7 Å². The number of hydrogen-bond acceptors (Lipinski definition) is 3. The molecular weight excluding hydrogens is 429 g/mol. The van der Waals surface area contributed by atoms with Crippen LogP contribution >= 0.6 is 24.0 Å². The molecule has 25 heavy (non-hydrogen) atoms. The maximum Gasteiger partial charge on any atom is 0.193 e. The molecule has 1 unspecified atom stereocenters. The van der Waals surface area contributed by atoms with Crippen molar-refractivity contribution >= 4 is 35.6 Å². The molecule has 3 N–H and O–H groups in total. The van der Waals surface area contributed by atoms with Crippen LogP contribution in [0.25, 0.3) is 0 Å². The van der Waals surface area contributed by atoms with E-state index in [0.29, 0.717) is 19.1 Å². The van der Waals surface area contributed by atoms with Gasteiger partial charge in [-0.05, 0) is 55.9 Å². The molecule has 140 valence electrons. The number of nitrogens with two attached hydrogens (primary N) is 1. The van der Waals surface area contributed by atoms with Crippen molar-refractivity contribution < 1.29 is 9.47 Å². The summed E-state index contributed by atoms with van der Waals surface area (Å²) in [6.45, 7) is 7.61. The molecule has 0 aromatic heterocycles. The van der Waals surface area contributed by atoms with E-state index in [2.05, 4.69) is 43.2 Å². The molecule has 1 saturated heterocycles. The lowest BCUT2D eigenvalue weighted by Gasteiger charge is -2.34. The van der Waals surface area contributed by atoms with Crippen molar-refractivity contribution in [3.05, 3.63) is 29.3 Å². The monoisotopic (exact) mass is 459 g/mol. The van der Waals surface area contributed by atoms with E-state index in [4.69, 9.17) is 15.2 Å². The summed E-state index contributed by atoms with van der Waals surface area (Å²) in [7, 11) is 0. The number of rotatable bonds is 3. The Morgan fingerprint density at radius 3 is 2.68 bits per heavy atom. The van der Waals surface area contributed by atoms with Crippen LogP contribution in [0.2, 0.25) is 0 Å². The Morgan fingerprint density at radius 1 is 1.28 bits per heavy atom. The number of guanidine groups is 1. The maximum absolute atomic E-state index is 6.16. The van der Waals surface area contributed by atoms with Crippen LogP contribution in [0.4, 0.5) is 5.69 Å². The van der Waals surface area contributed by atoms with E-state index in [-0.39, 0.29) is 35.9 Å². The quantitative estimate of drug-likeness (QED) is 0.408. The van der Waals surface area contributed by atoms with Gasteiger partial charge in [0.1, 0.15) is 6.10 Å². The largest absolute Gasteiger partial charge is 0.370 e. The Balaban J connectivity index is 0.00000225. The van der Waals surface area contributed by atoms with Crippen LogP contribution in [0.3, 0.4) is 0 Å². The predicted octanol–water partition coefficient (Wildman–Crippen LogP) is 3.97. The zero-order valence-corrected chi connectivity index (χ0v) is 17.7. The van der Waals surface area contributed by atoms with Crippen molar-refractivity contribution in [3.63, 3.8) is 0 Å². The number of halogens is 1. The zero-order valence-electron chi connectivity index (χ0n) is 15.4. The molecular formula is C19H30IN3O2. The smallest absolute Gasteiger partial charge is 0.193 e. The minimum Gasteiger partial charge on any atom is -0.370 e. The first kappa shape index (κ1) is 20.5. The second-order valence-electron chi connectivity index (χ2n) is 7.29. The van der Waals surface area contributed by atoms with Gasteiger partial charge in [-0.15, -0.1) is 24.0 Å². The van der Waals surface area contributed by atoms with Crippen LogP contribution in [-0.4, -0.2) is 31.0 Å². The molecule has 0 radical (unpaired) electrons. The third kappa shape index (κ3) is 5.31. The summed E-state index contributed by atoms with van der Waals surface area (Å²) in [6, 6.07) is 6.16. The Hall–Kier alpha value is -0.860. The number of nitrogens with zero attached hydrogens (tertiary/aromatic N) is 1. The molecule has 2 aliphatic rings. The van der Waals surface area contributed by atoms with Crippen molar-refractivity contribution in [2.75, 3.05) is 18.5 Å². The standard InChI is InChI=1S/C19H29N3O2.HI/c1-13-6-8-19(9-7-13)23-12-17(24-19)11-21-18(20)22-16-5-4-14(2)15(3)10-16;/h4-5,10,13,17H,6-9,11-12H2,1-3H3,(H3,20,21,22);1H. The normalized spacial score (nSPS) is 29.5. The summed E-state index contributed by atoms with van der Waals surface area (Å²) < 4.78 is 12.1. The van der Waals surface area contributed by atoms with Gasteiger partial charge in [0.05, 0.1) is 13.2 Å². The summed E-state index contributed by atoms with van der Waals surface area (Å²) in [5.74, 6) is 0.834. The SMILES string of the molecule is Cc1ccc(NC(N)=NCC2COC3(CCC(C)CC3)O2)cc1C.I. The lowest BCUT2D eigenvalue weighted by Crippen LogP contribution is -2.35. The number of aryl methyl sites for hydroxylation is 2. The van der Waals surface area contributed by atoms with Gasteiger partial charge in [0.25, 0.3) is 0 Å².